The second-order valence-corrected chi connectivity index (χ2v) is 8.90. The molecule has 0 saturated carbocycles. The Morgan fingerprint density at radius 1 is 1.05 bits per heavy atom. The Bertz CT molecular complexity index is 1230. The number of para-hydroxylation sites is 1. The van der Waals surface area contributed by atoms with Gasteiger partial charge in [-0.05, 0) is 66.3 Å². The molecule has 37 heavy (non-hydrogen) atoms. The summed E-state index contributed by atoms with van der Waals surface area (Å²) in [5, 5.41) is 12.2. The second-order valence-electron chi connectivity index (χ2n) is 8.90. The number of methoxy groups -OCH3 is 2. The van der Waals surface area contributed by atoms with Crippen molar-refractivity contribution in [2.24, 2.45) is 0 Å². The Kier molecular flexibility index (Phi) is 8.72. The SMILES string of the molecule is COc1cccc(OCCN2CCCc3c(CNc4ccc(CCC(=O)O)c(F)c4)cccc32)c1OC. The summed E-state index contributed by atoms with van der Waals surface area (Å²) >= 11 is 0. The Balaban J connectivity index is 1.39. The first-order valence-electron chi connectivity index (χ1n) is 12.4. The largest absolute Gasteiger partial charge is 0.493 e. The minimum atomic E-state index is -0.934. The van der Waals surface area contributed by atoms with Gasteiger partial charge in [0.1, 0.15) is 12.4 Å². The molecule has 196 valence electrons. The van der Waals surface area contributed by atoms with Crippen LogP contribution in [-0.4, -0.2) is 45.0 Å². The number of aliphatic carboxylic acids is 1. The van der Waals surface area contributed by atoms with Gasteiger partial charge in [-0.2, -0.15) is 0 Å². The van der Waals surface area contributed by atoms with E-state index in [1.54, 1.807) is 26.4 Å². The Labute approximate surface area is 216 Å². The van der Waals surface area contributed by atoms with E-state index in [1.807, 2.05) is 18.2 Å². The molecule has 2 N–H and O–H groups in total. The summed E-state index contributed by atoms with van der Waals surface area (Å²) in [6, 6.07) is 16.8. The molecule has 1 aliphatic rings. The van der Waals surface area contributed by atoms with E-state index in [4.69, 9.17) is 19.3 Å². The maximum absolute atomic E-state index is 14.4. The van der Waals surface area contributed by atoms with E-state index in [-0.39, 0.29) is 18.7 Å². The minimum Gasteiger partial charge on any atom is -0.493 e. The zero-order valence-corrected chi connectivity index (χ0v) is 21.3. The van der Waals surface area contributed by atoms with Crippen LogP contribution in [0.5, 0.6) is 17.2 Å². The number of aryl methyl sites for hydroxylation is 1. The van der Waals surface area contributed by atoms with Gasteiger partial charge < -0.3 is 29.5 Å². The highest BCUT2D eigenvalue weighted by Crippen LogP contribution is 2.37. The number of anilines is 2. The zero-order chi connectivity index (χ0) is 26.2. The maximum Gasteiger partial charge on any atom is 0.303 e. The molecular formula is C29H33FN2O5. The molecule has 0 aliphatic carbocycles. The number of carbonyl (C=O) groups is 1. The Morgan fingerprint density at radius 3 is 2.62 bits per heavy atom. The van der Waals surface area contributed by atoms with Crippen LogP contribution in [0, 0.1) is 5.82 Å². The van der Waals surface area contributed by atoms with Gasteiger partial charge >= 0.3 is 5.97 Å². The van der Waals surface area contributed by atoms with E-state index in [0.717, 1.165) is 25.9 Å². The molecule has 0 fully saturated rings. The van der Waals surface area contributed by atoms with Crippen molar-refractivity contribution < 1.29 is 28.5 Å². The summed E-state index contributed by atoms with van der Waals surface area (Å²) in [5.41, 5.74) is 4.74. The van der Waals surface area contributed by atoms with Crippen LogP contribution in [0.25, 0.3) is 0 Å². The molecule has 0 atom stereocenters. The molecule has 4 rings (SSSR count). The van der Waals surface area contributed by atoms with E-state index in [0.29, 0.717) is 41.7 Å². The highest BCUT2D eigenvalue weighted by atomic mass is 19.1. The van der Waals surface area contributed by atoms with Gasteiger partial charge in [0.15, 0.2) is 11.5 Å². The van der Waals surface area contributed by atoms with E-state index < -0.39 is 5.97 Å². The summed E-state index contributed by atoms with van der Waals surface area (Å²) in [6.07, 6.45) is 2.11. The number of benzene rings is 3. The van der Waals surface area contributed by atoms with E-state index in [1.165, 1.54) is 22.9 Å². The highest BCUT2D eigenvalue weighted by Gasteiger charge is 2.20. The summed E-state index contributed by atoms with van der Waals surface area (Å²) in [6.45, 7) is 2.75. The molecule has 8 heteroatoms. The Hall–Kier alpha value is -3.94. The van der Waals surface area contributed by atoms with Crippen molar-refractivity contribution in [3.8, 4) is 17.2 Å². The van der Waals surface area contributed by atoms with E-state index in [2.05, 4.69) is 28.4 Å². The zero-order valence-electron chi connectivity index (χ0n) is 21.3. The standard InChI is InChI=1S/C29H33FN2O5/c1-35-26-9-4-10-27(29(26)36-2)37-17-16-32-15-5-7-23-21(6-3-8-25(23)32)19-31-22-13-11-20(24(30)18-22)12-14-28(33)34/h3-4,6,8-11,13,18,31H,5,7,12,14-17,19H2,1-2H3,(H,33,34). The fraction of sp³-hybridized carbons (Fsp3) is 0.345. The van der Waals surface area contributed by atoms with Crippen LogP contribution < -0.4 is 24.4 Å². The molecule has 3 aromatic rings. The number of nitrogens with one attached hydrogen (secondary N) is 1. The fourth-order valence-electron chi connectivity index (χ4n) is 4.71. The van der Waals surface area contributed by atoms with Crippen molar-refractivity contribution in [1.82, 2.24) is 0 Å². The van der Waals surface area contributed by atoms with Crippen molar-refractivity contribution >= 4 is 17.3 Å². The molecular weight excluding hydrogens is 475 g/mol. The van der Waals surface area contributed by atoms with E-state index >= 15 is 0 Å². The fourth-order valence-corrected chi connectivity index (χ4v) is 4.71. The Morgan fingerprint density at radius 2 is 1.86 bits per heavy atom. The smallest absolute Gasteiger partial charge is 0.303 e. The van der Waals surface area contributed by atoms with Gasteiger partial charge in [-0.3, -0.25) is 4.79 Å². The molecule has 3 aromatic carbocycles. The number of carboxylic acid groups (broad SMARTS) is 1. The monoisotopic (exact) mass is 508 g/mol. The first kappa shape index (κ1) is 26.1. The molecule has 1 heterocycles. The quantitative estimate of drug-likeness (QED) is 0.344. The molecule has 0 aromatic heterocycles. The summed E-state index contributed by atoms with van der Waals surface area (Å²) in [7, 11) is 3.20. The molecule has 0 bridgehead atoms. The third-order valence-electron chi connectivity index (χ3n) is 6.57. The van der Waals surface area contributed by atoms with Gasteiger partial charge in [0, 0.05) is 30.9 Å². The average molecular weight is 509 g/mol. The second kappa shape index (κ2) is 12.3. The van der Waals surface area contributed by atoms with Crippen LogP contribution in [0.2, 0.25) is 0 Å². The van der Waals surface area contributed by atoms with Gasteiger partial charge in [-0.1, -0.05) is 24.3 Å². The lowest BCUT2D eigenvalue weighted by molar-refractivity contribution is -0.136. The summed E-state index contributed by atoms with van der Waals surface area (Å²) in [4.78, 5) is 13.1. The minimum absolute atomic E-state index is 0.0888. The number of fused-ring (bicyclic) bond motifs is 1. The average Bonchev–Trinajstić information content (AvgIpc) is 2.91. The van der Waals surface area contributed by atoms with Crippen molar-refractivity contribution in [1.29, 1.82) is 0 Å². The highest BCUT2D eigenvalue weighted by molar-refractivity contribution is 5.67. The van der Waals surface area contributed by atoms with Crippen LogP contribution in [-0.2, 0) is 24.2 Å². The molecule has 1 aliphatic heterocycles. The third kappa shape index (κ3) is 6.44. The van der Waals surface area contributed by atoms with Crippen LogP contribution in [0.15, 0.2) is 54.6 Å². The third-order valence-corrected chi connectivity index (χ3v) is 6.57. The molecule has 0 saturated heterocycles. The first-order valence-corrected chi connectivity index (χ1v) is 12.4. The van der Waals surface area contributed by atoms with Gasteiger partial charge in [-0.15, -0.1) is 0 Å². The summed E-state index contributed by atoms with van der Waals surface area (Å²) < 4.78 is 31.3. The predicted molar refractivity (Wildman–Crippen MR) is 142 cm³/mol. The summed E-state index contributed by atoms with van der Waals surface area (Å²) in [5.74, 6) is 0.550. The first-order chi connectivity index (χ1) is 18.0. The van der Waals surface area contributed by atoms with E-state index in [9.17, 15) is 9.18 Å². The predicted octanol–water partition coefficient (Wildman–Crippen LogP) is 5.30. The van der Waals surface area contributed by atoms with Gasteiger partial charge in [0.25, 0.3) is 0 Å². The van der Waals surface area contributed by atoms with Gasteiger partial charge in [-0.25, -0.2) is 4.39 Å². The normalized spacial score (nSPS) is 12.6. The molecule has 7 nitrogen and oxygen atoms in total. The van der Waals surface area contributed by atoms with Gasteiger partial charge in [0.2, 0.25) is 5.75 Å². The number of rotatable bonds is 12. The van der Waals surface area contributed by atoms with Crippen molar-refractivity contribution in [3.05, 3.63) is 77.1 Å². The van der Waals surface area contributed by atoms with Crippen LogP contribution >= 0.6 is 0 Å². The van der Waals surface area contributed by atoms with Gasteiger partial charge in [0.05, 0.1) is 20.8 Å². The van der Waals surface area contributed by atoms with Crippen LogP contribution in [0.1, 0.15) is 29.5 Å². The number of ether oxygens (including phenoxy) is 3. The lowest BCUT2D eigenvalue weighted by atomic mass is 9.96. The van der Waals surface area contributed by atoms with Crippen molar-refractivity contribution in [2.75, 3.05) is 44.1 Å². The van der Waals surface area contributed by atoms with Crippen molar-refractivity contribution in [2.45, 2.75) is 32.2 Å². The topological polar surface area (TPSA) is 80.3 Å². The number of halogens is 1. The maximum atomic E-state index is 14.4. The van der Waals surface area contributed by atoms with Crippen LogP contribution in [0.4, 0.5) is 15.8 Å². The number of hydrogen-bond acceptors (Lipinski definition) is 6. The lowest BCUT2D eigenvalue weighted by Crippen LogP contribution is -2.33. The molecule has 0 amide bonds. The molecule has 0 radical (unpaired) electrons. The number of nitrogens with zero attached hydrogens (tertiary/aromatic N) is 1. The number of carboxylic acids is 1. The molecule has 0 unspecified atom stereocenters. The van der Waals surface area contributed by atoms with Crippen molar-refractivity contribution in [3.63, 3.8) is 0 Å². The van der Waals surface area contributed by atoms with Crippen LogP contribution in [0.3, 0.4) is 0 Å². The molecule has 0 spiro atoms. The lowest BCUT2D eigenvalue weighted by Gasteiger charge is -2.32. The number of hydrogen-bond donors (Lipinski definition) is 2.